The zero-order valence-electron chi connectivity index (χ0n) is 8.38. The summed E-state index contributed by atoms with van der Waals surface area (Å²) in [7, 11) is 1.22. The lowest BCUT2D eigenvalue weighted by Gasteiger charge is -2.07. The average molecular weight is 226 g/mol. The summed E-state index contributed by atoms with van der Waals surface area (Å²) in [5, 5.41) is 10.4. The number of anilines is 1. The van der Waals surface area contributed by atoms with Crippen LogP contribution in [0.3, 0.4) is 0 Å². The molecule has 0 spiro atoms. The number of rotatable bonds is 3. The minimum absolute atomic E-state index is 0.186. The predicted molar refractivity (Wildman–Crippen MR) is 51.8 cm³/mol. The van der Waals surface area contributed by atoms with Crippen LogP contribution in [0.4, 0.5) is 14.5 Å². The van der Waals surface area contributed by atoms with Gasteiger partial charge >= 0.3 is 0 Å². The quantitative estimate of drug-likeness (QED) is 0.855. The summed E-state index contributed by atoms with van der Waals surface area (Å²) in [4.78, 5) is 11.0. The normalized spacial score (nSPS) is 9.38. The molecule has 0 unspecified atom stereocenters. The summed E-state index contributed by atoms with van der Waals surface area (Å²) in [6.45, 7) is 0. The van der Waals surface area contributed by atoms with Crippen molar-refractivity contribution in [3.05, 3.63) is 23.8 Å². The van der Waals surface area contributed by atoms with Gasteiger partial charge in [0.2, 0.25) is 5.91 Å². The van der Waals surface area contributed by atoms with Gasteiger partial charge in [-0.05, 0) is 0 Å². The van der Waals surface area contributed by atoms with Crippen molar-refractivity contribution in [3.63, 3.8) is 0 Å². The third-order valence-electron chi connectivity index (χ3n) is 1.76. The van der Waals surface area contributed by atoms with E-state index in [0.717, 1.165) is 6.07 Å². The predicted octanol–water partition coefficient (Wildman–Crippen LogP) is 1.83. The Balaban J connectivity index is 2.96. The van der Waals surface area contributed by atoms with Gasteiger partial charge in [-0.15, -0.1) is 0 Å². The van der Waals surface area contributed by atoms with Crippen LogP contribution in [0.2, 0.25) is 0 Å². The lowest BCUT2D eigenvalue weighted by molar-refractivity contribution is -0.115. The first-order chi connectivity index (χ1) is 7.58. The molecule has 16 heavy (non-hydrogen) atoms. The van der Waals surface area contributed by atoms with Gasteiger partial charge in [0, 0.05) is 12.1 Å². The molecule has 1 rings (SSSR count). The van der Waals surface area contributed by atoms with Crippen LogP contribution in [0.25, 0.3) is 0 Å². The van der Waals surface area contributed by atoms with Crippen molar-refractivity contribution in [2.75, 3.05) is 12.4 Å². The summed E-state index contributed by atoms with van der Waals surface area (Å²) in [6.07, 6.45) is -0.404. The van der Waals surface area contributed by atoms with E-state index in [1.165, 1.54) is 7.11 Å². The zero-order chi connectivity index (χ0) is 12.1. The number of carbonyl (C=O) groups excluding carboxylic acids is 1. The Hall–Kier alpha value is -2.16. The Kier molecular flexibility index (Phi) is 3.78. The highest BCUT2D eigenvalue weighted by Crippen LogP contribution is 2.24. The number of carbonyl (C=O) groups is 1. The molecule has 0 radical (unpaired) electrons. The first kappa shape index (κ1) is 11.9. The van der Waals surface area contributed by atoms with Gasteiger partial charge in [-0.3, -0.25) is 4.79 Å². The molecular formula is C10H8F2N2O2. The maximum Gasteiger partial charge on any atom is 0.238 e. The maximum absolute atomic E-state index is 13.2. The summed E-state index contributed by atoms with van der Waals surface area (Å²) < 4.78 is 30.8. The standard InChI is InChI=1S/C10H8F2N2O2/c1-16-9-5-8(6(11)4-7(9)12)14-10(15)2-3-13/h4-5H,2H2,1H3,(H,14,15). The fraction of sp³-hybridized carbons (Fsp3) is 0.200. The second-order valence-electron chi connectivity index (χ2n) is 2.85. The Labute approximate surface area is 90.4 Å². The number of nitrogens with one attached hydrogen (secondary N) is 1. The molecule has 84 valence electrons. The molecule has 0 saturated heterocycles. The van der Waals surface area contributed by atoms with E-state index >= 15 is 0 Å². The number of amides is 1. The largest absolute Gasteiger partial charge is 0.494 e. The summed E-state index contributed by atoms with van der Waals surface area (Å²) in [5.41, 5.74) is -0.224. The van der Waals surface area contributed by atoms with Crippen molar-refractivity contribution in [1.29, 1.82) is 5.26 Å². The molecule has 1 amide bonds. The minimum atomic E-state index is -0.926. The monoisotopic (exact) mass is 226 g/mol. The van der Waals surface area contributed by atoms with Crippen LogP contribution in [-0.4, -0.2) is 13.0 Å². The highest BCUT2D eigenvalue weighted by atomic mass is 19.1. The third kappa shape index (κ3) is 2.67. The lowest BCUT2D eigenvalue weighted by Crippen LogP contribution is -2.11. The molecule has 6 heteroatoms. The van der Waals surface area contributed by atoms with E-state index in [1.54, 1.807) is 6.07 Å². The van der Waals surface area contributed by atoms with E-state index in [2.05, 4.69) is 10.1 Å². The molecule has 0 fully saturated rings. The van der Waals surface area contributed by atoms with E-state index in [1.807, 2.05) is 0 Å². The van der Waals surface area contributed by atoms with Crippen LogP contribution in [-0.2, 0) is 4.79 Å². The number of ether oxygens (including phenoxy) is 1. The lowest BCUT2D eigenvalue weighted by atomic mass is 10.2. The highest BCUT2D eigenvalue weighted by molar-refractivity contribution is 5.92. The molecule has 0 aliphatic rings. The maximum atomic E-state index is 13.2. The SMILES string of the molecule is COc1cc(NC(=O)CC#N)c(F)cc1F. The second-order valence-corrected chi connectivity index (χ2v) is 2.85. The van der Waals surface area contributed by atoms with Gasteiger partial charge in [0.25, 0.3) is 0 Å². The Bertz CT molecular complexity index is 455. The van der Waals surface area contributed by atoms with E-state index in [0.29, 0.717) is 6.07 Å². The summed E-state index contributed by atoms with van der Waals surface area (Å²) in [6, 6.07) is 3.22. The van der Waals surface area contributed by atoms with Gasteiger partial charge in [0.1, 0.15) is 12.2 Å². The van der Waals surface area contributed by atoms with E-state index < -0.39 is 24.0 Å². The van der Waals surface area contributed by atoms with Crippen LogP contribution in [0.1, 0.15) is 6.42 Å². The molecule has 0 bridgehead atoms. The van der Waals surface area contributed by atoms with Crippen molar-refractivity contribution in [2.24, 2.45) is 0 Å². The van der Waals surface area contributed by atoms with Crippen LogP contribution in [0, 0.1) is 23.0 Å². The molecule has 0 aliphatic heterocycles. The van der Waals surface area contributed by atoms with Crippen LogP contribution < -0.4 is 10.1 Å². The van der Waals surface area contributed by atoms with Crippen molar-refractivity contribution < 1.29 is 18.3 Å². The number of hydrogen-bond acceptors (Lipinski definition) is 3. The molecule has 4 nitrogen and oxygen atoms in total. The van der Waals surface area contributed by atoms with E-state index in [9.17, 15) is 13.6 Å². The summed E-state index contributed by atoms with van der Waals surface area (Å²) in [5.74, 6) is -2.65. The van der Waals surface area contributed by atoms with E-state index in [4.69, 9.17) is 5.26 Å². The van der Waals surface area contributed by atoms with Crippen molar-refractivity contribution >= 4 is 11.6 Å². The minimum Gasteiger partial charge on any atom is -0.494 e. The molecule has 0 atom stereocenters. The zero-order valence-corrected chi connectivity index (χ0v) is 8.38. The number of hydrogen-bond donors (Lipinski definition) is 1. The fourth-order valence-electron chi connectivity index (χ4n) is 1.05. The molecule has 0 heterocycles. The third-order valence-corrected chi connectivity index (χ3v) is 1.76. The second kappa shape index (κ2) is 5.07. The number of nitriles is 1. The molecule has 1 N–H and O–H groups in total. The first-order valence-corrected chi connectivity index (χ1v) is 4.28. The first-order valence-electron chi connectivity index (χ1n) is 4.28. The molecule has 0 aromatic heterocycles. The van der Waals surface area contributed by atoms with Crippen LogP contribution >= 0.6 is 0 Å². The van der Waals surface area contributed by atoms with Gasteiger partial charge in [-0.25, -0.2) is 8.78 Å². The molecule has 1 aromatic carbocycles. The number of methoxy groups -OCH3 is 1. The van der Waals surface area contributed by atoms with Gasteiger partial charge < -0.3 is 10.1 Å². The van der Waals surface area contributed by atoms with Crippen LogP contribution in [0.15, 0.2) is 12.1 Å². The Morgan fingerprint density at radius 2 is 2.19 bits per heavy atom. The van der Waals surface area contributed by atoms with Gasteiger partial charge in [0.15, 0.2) is 11.6 Å². The smallest absolute Gasteiger partial charge is 0.238 e. The van der Waals surface area contributed by atoms with Crippen molar-refractivity contribution in [3.8, 4) is 11.8 Å². The van der Waals surface area contributed by atoms with Crippen molar-refractivity contribution in [2.45, 2.75) is 6.42 Å². The average Bonchev–Trinajstić information content (AvgIpc) is 2.22. The number of halogens is 2. The summed E-state index contributed by atoms with van der Waals surface area (Å²) >= 11 is 0. The fourth-order valence-corrected chi connectivity index (χ4v) is 1.05. The van der Waals surface area contributed by atoms with Gasteiger partial charge in [0.05, 0.1) is 18.9 Å². The van der Waals surface area contributed by atoms with Gasteiger partial charge in [-0.2, -0.15) is 5.26 Å². The topological polar surface area (TPSA) is 62.1 Å². The van der Waals surface area contributed by atoms with Crippen LogP contribution in [0.5, 0.6) is 5.75 Å². The highest BCUT2D eigenvalue weighted by Gasteiger charge is 2.12. The Morgan fingerprint density at radius 3 is 2.75 bits per heavy atom. The Morgan fingerprint density at radius 1 is 1.50 bits per heavy atom. The number of nitrogens with zero attached hydrogens (tertiary/aromatic N) is 1. The molecule has 1 aromatic rings. The molecule has 0 aliphatic carbocycles. The number of benzene rings is 1. The molecule has 0 saturated carbocycles. The van der Waals surface area contributed by atoms with Gasteiger partial charge in [-0.1, -0.05) is 0 Å². The van der Waals surface area contributed by atoms with Crippen molar-refractivity contribution in [1.82, 2.24) is 0 Å². The van der Waals surface area contributed by atoms with E-state index in [-0.39, 0.29) is 11.4 Å². The molecular weight excluding hydrogens is 218 g/mol.